The van der Waals surface area contributed by atoms with Crippen LogP contribution in [0.5, 0.6) is 0 Å². The molecule has 104 valence electrons. The second kappa shape index (κ2) is 7.69. The van der Waals surface area contributed by atoms with Crippen LogP contribution >= 0.6 is 7.14 Å². The van der Waals surface area contributed by atoms with E-state index in [0.717, 1.165) is 6.42 Å². The van der Waals surface area contributed by atoms with Crippen molar-refractivity contribution in [1.29, 1.82) is 0 Å². The Morgan fingerprint density at radius 1 is 0.941 bits per heavy atom. The Morgan fingerprint density at radius 3 is 1.47 bits per heavy atom. The van der Waals surface area contributed by atoms with Crippen molar-refractivity contribution in [1.82, 2.24) is 0 Å². The summed E-state index contributed by atoms with van der Waals surface area (Å²) in [5, 5.41) is -0.102. The van der Waals surface area contributed by atoms with Gasteiger partial charge in [-0.3, -0.25) is 0 Å². The van der Waals surface area contributed by atoms with Gasteiger partial charge in [-0.05, 0) is 40.5 Å². The molecule has 0 aliphatic rings. The minimum absolute atomic E-state index is 0.102. The van der Waals surface area contributed by atoms with E-state index in [1.54, 1.807) is 13.3 Å². The first-order valence-electron chi connectivity index (χ1n) is 6.34. The van der Waals surface area contributed by atoms with Crippen molar-refractivity contribution in [3.05, 3.63) is 0 Å². The molecule has 0 N–H and O–H groups in total. The predicted octanol–water partition coefficient (Wildman–Crippen LogP) is 2.98. The van der Waals surface area contributed by atoms with Crippen LogP contribution in [-0.2, 0) is 17.8 Å². The Morgan fingerprint density at radius 2 is 1.29 bits per heavy atom. The van der Waals surface area contributed by atoms with Gasteiger partial charge < -0.3 is 17.8 Å². The van der Waals surface area contributed by atoms with Gasteiger partial charge in [-0.25, -0.2) is 0 Å². The van der Waals surface area contributed by atoms with E-state index in [9.17, 15) is 4.57 Å². The maximum atomic E-state index is 12.4. The summed E-state index contributed by atoms with van der Waals surface area (Å²) in [6, 6.07) is 0. The number of rotatable bonds is 9. The summed E-state index contributed by atoms with van der Waals surface area (Å²) in [5.41, 5.74) is 0. The molecule has 0 saturated carbocycles. The monoisotopic (exact) mass is 282 g/mol. The molecule has 0 aliphatic heterocycles. The van der Waals surface area contributed by atoms with Crippen LogP contribution < -0.4 is 0 Å². The van der Waals surface area contributed by atoms with E-state index in [0.29, 0.717) is 19.8 Å². The lowest BCUT2D eigenvalue weighted by Gasteiger charge is -2.36. The first kappa shape index (κ1) is 17.3. The van der Waals surface area contributed by atoms with Crippen LogP contribution in [0.4, 0.5) is 0 Å². The first-order valence-corrected chi connectivity index (χ1v) is 10.8. The zero-order valence-corrected chi connectivity index (χ0v) is 13.9. The van der Waals surface area contributed by atoms with Crippen molar-refractivity contribution >= 4 is 15.9 Å². The number of hydrogen-bond donors (Lipinski definition) is 0. The fourth-order valence-corrected chi connectivity index (χ4v) is 9.22. The summed E-state index contributed by atoms with van der Waals surface area (Å²) in [4.78, 5) is 0. The van der Waals surface area contributed by atoms with Gasteiger partial charge in [-0.2, -0.15) is 0 Å². The van der Waals surface area contributed by atoms with Crippen molar-refractivity contribution in [3.63, 3.8) is 0 Å². The lowest BCUT2D eigenvalue weighted by Crippen LogP contribution is -2.56. The zero-order chi connectivity index (χ0) is 13.5. The third-order valence-corrected chi connectivity index (χ3v) is 10.6. The van der Waals surface area contributed by atoms with E-state index in [2.05, 4.69) is 0 Å². The Hall–Kier alpha value is 0.327. The molecule has 0 saturated heterocycles. The van der Waals surface area contributed by atoms with Crippen LogP contribution in [0.15, 0.2) is 0 Å². The van der Waals surface area contributed by atoms with Gasteiger partial charge in [0.15, 0.2) is 0 Å². The van der Waals surface area contributed by atoms with E-state index in [1.807, 2.05) is 27.7 Å². The van der Waals surface area contributed by atoms with Gasteiger partial charge in [0.2, 0.25) is 0 Å². The third kappa shape index (κ3) is 4.84. The predicted molar refractivity (Wildman–Crippen MR) is 74.2 cm³/mol. The van der Waals surface area contributed by atoms with Crippen LogP contribution in [0.2, 0.25) is 0 Å². The van der Waals surface area contributed by atoms with Gasteiger partial charge in [-0.1, -0.05) is 6.92 Å². The summed E-state index contributed by atoms with van der Waals surface area (Å²) in [6.07, 6.45) is 0.760. The highest BCUT2D eigenvalue weighted by Gasteiger charge is 2.53. The molecule has 0 aromatic rings. The lowest BCUT2D eigenvalue weighted by atomic mass is 10.6. The molecule has 0 radical (unpaired) electrons. The summed E-state index contributed by atoms with van der Waals surface area (Å²) >= 11 is 0. The van der Waals surface area contributed by atoms with Gasteiger partial charge in [0.05, 0.1) is 12.4 Å². The van der Waals surface area contributed by atoms with E-state index >= 15 is 0 Å². The van der Waals surface area contributed by atoms with Crippen LogP contribution in [-0.4, -0.2) is 47.2 Å². The Balaban J connectivity index is 5.27. The van der Waals surface area contributed by atoms with E-state index in [1.165, 1.54) is 0 Å². The van der Waals surface area contributed by atoms with Crippen LogP contribution in [0.25, 0.3) is 0 Å². The molecule has 17 heavy (non-hydrogen) atoms. The molecule has 1 atom stereocenters. The smallest absolute Gasteiger partial charge is 0.373 e. The Labute approximate surface area is 107 Å². The van der Waals surface area contributed by atoms with Crippen molar-refractivity contribution in [3.8, 4) is 0 Å². The maximum absolute atomic E-state index is 12.4. The van der Waals surface area contributed by atoms with Crippen LogP contribution in [0.1, 0.15) is 34.1 Å². The molecule has 0 fully saturated rings. The largest absolute Gasteiger partial charge is 0.511 e. The van der Waals surface area contributed by atoms with Gasteiger partial charge in [-0.15, -0.1) is 0 Å². The van der Waals surface area contributed by atoms with E-state index in [4.69, 9.17) is 13.3 Å². The van der Waals surface area contributed by atoms with Gasteiger partial charge in [0, 0.05) is 19.8 Å². The molecule has 0 aromatic carbocycles. The SMILES string of the molecule is CCO[Si](OCC)(OCC)C(CC)P(C)(C)=O. The standard InChI is InChI=1S/C11H27O4PSi/c1-7-11(16(5,6)12)17(13-8-2,14-9-3)15-10-4/h11H,7-10H2,1-6H3. The molecule has 0 aliphatic carbocycles. The average molecular weight is 282 g/mol. The minimum atomic E-state index is -2.82. The highest BCUT2D eigenvalue weighted by atomic mass is 31.2. The summed E-state index contributed by atoms with van der Waals surface area (Å²) < 4.78 is 29.8. The van der Waals surface area contributed by atoms with Crippen LogP contribution in [0, 0.1) is 0 Å². The Kier molecular flexibility index (Phi) is 7.84. The van der Waals surface area contributed by atoms with Crippen molar-refractivity contribution < 1.29 is 17.8 Å². The van der Waals surface area contributed by atoms with E-state index < -0.39 is 15.9 Å². The molecule has 4 nitrogen and oxygen atoms in total. The summed E-state index contributed by atoms with van der Waals surface area (Å²) in [7, 11) is -5.12. The minimum Gasteiger partial charge on any atom is -0.373 e. The highest BCUT2D eigenvalue weighted by molar-refractivity contribution is 7.65. The molecular weight excluding hydrogens is 255 g/mol. The zero-order valence-electron chi connectivity index (χ0n) is 12.0. The van der Waals surface area contributed by atoms with Gasteiger partial charge >= 0.3 is 8.80 Å². The quantitative estimate of drug-likeness (QED) is 0.482. The molecule has 0 spiro atoms. The summed E-state index contributed by atoms with van der Waals surface area (Å²) in [5.74, 6) is 0. The average Bonchev–Trinajstić information content (AvgIpc) is 2.17. The fourth-order valence-electron chi connectivity index (χ4n) is 2.09. The second-order valence-corrected chi connectivity index (χ2v) is 11.0. The lowest BCUT2D eigenvalue weighted by molar-refractivity contribution is 0.0683. The molecule has 0 heterocycles. The normalized spacial score (nSPS) is 14.9. The second-order valence-electron chi connectivity index (χ2n) is 4.26. The molecule has 0 bridgehead atoms. The van der Waals surface area contributed by atoms with Crippen molar-refractivity contribution in [2.75, 3.05) is 33.2 Å². The molecule has 1 unspecified atom stereocenters. The van der Waals surface area contributed by atoms with E-state index in [-0.39, 0.29) is 5.28 Å². The summed E-state index contributed by atoms with van der Waals surface area (Å²) in [6.45, 7) is 12.9. The fraction of sp³-hybridized carbons (Fsp3) is 1.00. The van der Waals surface area contributed by atoms with Crippen LogP contribution in [0.3, 0.4) is 0 Å². The van der Waals surface area contributed by atoms with Gasteiger partial charge in [0.1, 0.15) is 0 Å². The molecule has 6 heteroatoms. The first-order chi connectivity index (χ1) is 7.87. The number of hydrogen-bond acceptors (Lipinski definition) is 4. The maximum Gasteiger partial charge on any atom is 0.511 e. The molecular formula is C11H27O4PSi. The molecule has 0 aromatic heterocycles. The highest BCUT2D eigenvalue weighted by Crippen LogP contribution is 2.49. The van der Waals surface area contributed by atoms with Crippen molar-refractivity contribution in [2.45, 2.75) is 39.4 Å². The Bertz CT molecular complexity index is 237. The van der Waals surface area contributed by atoms with Crippen molar-refractivity contribution in [2.24, 2.45) is 0 Å². The third-order valence-electron chi connectivity index (χ3n) is 2.58. The molecule has 0 rings (SSSR count). The van der Waals surface area contributed by atoms with Gasteiger partial charge in [0.25, 0.3) is 0 Å². The topological polar surface area (TPSA) is 44.8 Å². The molecule has 0 amide bonds.